The van der Waals surface area contributed by atoms with Gasteiger partial charge in [-0.1, -0.05) is 48.5 Å². The molecule has 0 aliphatic carbocycles. The molecule has 1 atom stereocenters. The molecule has 1 heterocycles. The highest BCUT2D eigenvalue weighted by Gasteiger charge is 2.18. The van der Waals surface area contributed by atoms with Crippen molar-refractivity contribution < 1.29 is 15.0 Å². The molecule has 0 aliphatic heterocycles. The normalized spacial score (nSPS) is 12.8. The molecule has 0 fully saturated rings. The summed E-state index contributed by atoms with van der Waals surface area (Å²) >= 11 is 0. The Morgan fingerprint density at radius 2 is 1.74 bits per heavy atom. The molecular weight excluding hydrogens is 294 g/mol. The first-order valence-corrected chi connectivity index (χ1v) is 7.04. The highest BCUT2D eigenvalue weighted by molar-refractivity contribution is 5.95. The van der Waals surface area contributed by atoms with Crippen molar-refractivity contribution in [2.24, 2.45) is 17.3 Å². The lowest BCUT2D eigenvalue weighted by Crippen LogP contribution is -2.08. The molecule has 0 radical (unpaired) electrons. The van der Waals surface area contributed by atoms with Crippen LogP contribution < -0.4 is 0 Å². The van der Waals surface area contributed by atoms with E-state index in [-0.39, 0.29) is 11.6 Å². The molecule has 116 valence electrons. The summed E-state index contributed by atoms with van der Waals surface area (Å²) in [7, 11) is 1.69. The Labute approximate surface area is 132 Å². The van der Waals surface area contributed by atoms with Gasteiger partial charge in [-0.05, 0) is 11.6 Å². The van der Waals surface area contributed by atoms with Gasteiger partial charge < -0.3 is 14.8 Å². The number of nitrogens with zero attached hydrogens (tertiary/aromatic N) is 3. The maximum atomic E-state index is 12.0. The van der Waals surface area contributed by atoms with E-state index in [0.29, 0.717) is 10.9 Å². The van der Waals surface area contributed by atoms with Crippen molar-refractivity contribution >= 4 is 22.5 Å². The Balaban J connectivity index is 1.92. The Hall–Kier alpha value is -2.99. The van der Waals surface area contributed by atoms with Crippen molar-refractivity contribution in [3.63, 3.8) is 0 Å². The van der Waals surface area contributed by atoms with E-state index in [0.717, 1.165) is 5.52 Å². The molecule has 2 aromatic carbocycles. The fraction of sp³-hybridized carbons (Fsp3) is 0.118. The average Bonchev–Trinajstić information content (AvgIpc) is 2.84. The number of amides is 1. The van der Waals surface area contributed by atoms with Crippen LogP contribution >= 0.6 is 0 Å². The standard InChI is InChI=1S/C17H15N3O3/c1-20-13-10-6-5-9-12(13)14(17(20)23)18-19-16(22)15(21)11-7-3-2-4-8-11/h2-10,15,21,23H,1H3/t15-/m1/s1. The first kappa shape index (κ1) is 14.9. The Morgan fingerprint density at radius 3 is 2.48 bits per heavy atom. The van der Waals surface area contributed by atoms with Crippen molar-refractivity contribution in [1.82, 2.24) is 4.57 Å². The zero-order chi connectivity index (χ0) is 16.4. The molecule has 0 spiro atoms. The Bertz CT molecular complexity index is 885. The molecule has 3 aromatic rings. The second kappa shape index (κ2) is 6.02. The molecule has 0 unspecified atom stereocenters. The smallest absolute Gasteiger partial charge is 0.297 e. The zero-order valence-corrected chi connectivity index (χ0v) is 12.4. The molecule has 6 heteroatoms. The molecule has 0 bridgehead atoms. The van der Waals surface area contributed by atoms with Crippen LogP contribution in [-0.4, -0.2) is 20.7 Å². The maximum absolute atomic E-state index is 12.0. The third-order valence-corrected chi connectivity index (χ3v) is 3.65. The number of benzene rings is 2. The van der Waals surface area contributed by atoms with Gasteiger partial charge in [0.1, 0.15) is 0 Å². The molecule has 3 rings (SSSR count). The summed E-state index contributed by atoms with van der Waals surface area (Å²) in [6.45, 7) is 0. The van der Waals surface area contributed by atoms with Crippen LogP contribution in [0.3, 0.4) is 0 Å². The lowest BCUT2D eigenvalue weighted by Gasteiger charge is -2.04. The maximum Gasteiger partial charge on any atom is 0.297 e. The fourth-order valence-corrected chi connectivity index (χ4v) is 2.39. The summed E-state index contributed by atoms with van der Waals surface area (Å²) in [5, 5.41) is 28.2. The SMILES string of the molecule is Cn1c(O)c(N=NC(=O)[C@H](O)c2ccccc2)c2ccccc21. The Morgan fingerprint density at radius 1 is 1.09 bits per heavy atom. The van der Waals surface area contributed by atoms with Crippen molar-refractivity contribution in [2.75, 3.05) is 0 Å². The summed E-state index contributed by atoms with van der Waals surface area (Å²) in [5.74, 6) is -0.875. The number of aromatic hydroxyl groups is 1. The number of carbonyl (C=O) groups excluding carboxylic acids is 1. The van der Waals surface area contributed by atoms with Gasteiger partial charge in [0.15, 0.2) is 11.8 Å². The van der Waals surface area contributed by atoms with Crippen LogP contribution in [0.25, 0.3) is 10.9 Å². The second-order valence-electron chi connectivity index (χ2n) is 5.10. The minimum absolute atomic E-state index is 0.0862. The van der Waals surface area contributed by atoms with Crippen LogP contribution in [0.15, 0.2) is 64.8 Å². The van der Waals surface area contributed by atoms with E-state index in [1.807, 2.05) is 12.1 Å². The minimum atomic E-state index is -1.38. The topological polar surface area (TPSA) is 87.2 Å². The number of aromatic nitrogens is 1. The first-order valence-electron chi connectivity index (χ1n) is 7.04. The van der Waals surface area contributed by atoms with Gasteiger partial charge in [-0.15, -0.1) is 10.2 Å². The van der Waals surface area contributed by atoms with Crippen LogP contribution in [0.1, 0.15) is 11.7 Å². The first-order chi connectivity index (χ1) is 11.1. The quantitative estimate of drug-likeness (QED) is 0.728. The molecular formula is C17H15N3O3. The fourth-order valence-electron chi connectivity index (χ4n) is 2.39. The van der Waals surface area contributed by atoms with Crippen molar-refractivity contribution in [3.8, 4) is 5.88 Å². The molecule has 1 aromatic heterocycles. The lowest BCUT2D eigenvalue weighted by atomic mass is 10.1. The number of aliphatic hydroxyl groups is 1. The largest absolute Gasteiger partial charge is 0.493 e. The Kier molecular flexibility index (Phi) is 3.91. The van der Waals surface area contributed by atoms with Crippen LogP contribution in [-0.2, 0) is 11.8 Å². The van der Waals surface area contributed by atoms with E-state index in [2.05, 4.69) is 10.2 Å². The summed E-state index contributed by atoms with van der Waals surface area (Å²) in [6.07, 6.45) is -1.38. The van der Waals surface area contributed by atoms with E-state index in [1.54, 1.807) is 54.1 Å². The molecule has 0 saturated carbocycles. The van der Waals surface area contributed by atoms with Crippen LogP contribution in [0.2, 0.25) is 0 Å². The molecule has 0 saturated heterocycles. The highest BCUT2D eigenvalue weighted by Crippen LogP contribution is 2.37. The van der Waals surface area contributed by atoms with Gasteiger partial charge in [0.2, 0.25) is 5.88 Å². The lowest BCUT2D eigenvalue weighted by molar-refractivity contribution is -0.126. The van der Waals surface area contributed by atoms with Crippen molar-refractivity contribution in [1.29, 1.82) is 0 Å². The van der Waals surface area contributed by atoms with E-state index in [9.17, 15) is 15.0 Å². The van der Waals surface area contributed by atoms with Gasteiger partial charge in [0, 0.05) is 12.4 Å². The molecule has 1 amide bonds. The summed E-state index contributed by atoms with van der Waals surface area (Å²) in [5.41, 5.74) is 1.42. The van der Waals surface area contributed by atoms with Gasteiger partial charge in [0.05, 0.1) is 5.52 Å². The summed E-state index contributed by atoms with van der Waals surface area (Å²) < 4.78 is 1.56. The highest BCUT2D eigenvalue weighted by atomic mass is 16.3. The van der Waals surface area contributed by atoms with E-state index >= 15 is 0 Å². The number of hydrogen-bond acceptors (Lipinski definition) is 4. The molecule has 23 heavy (non-hydrogen) atoms. The zero-order valence-electron chi connectivity index (χ0n) is 12.4. The van der Waals surface area contributed by atoms with Crippen LogP contribution in [0.5, 0.6) is 5.88 Å². The third-order valence-electron chi connectivity index (χ3n) is 3.65. The van der Waals surface area contributed by atoms with Crippen LogP contribution in [0, 0.1) is 0 Å². The number of aryl methyl sites for hydroxylation is 1. The number of carbonyl (C=O) groups is 1. The van der Waals surface area contributed by atoms with Gasteiger partial charge >= 0.3 is 0 Å². The molecule has 6 nitrogen and oxygen atoms in total. The third kappa shape index (κ3) is 2.72. The molecule has 2 N–H and O–H groups in total. The number of azo groups is 1. The van der Waals surface area contributed by atoms with E-state index in [4.69, 9.17) is 0 Å². The predicted molar refractivity (Wildman–Crippen MR) is 85.5 cm³/mol. The van der Waals surface area contributed by atoms with Gasteiger partial charge in [-0.2, -0.15) is 0 Å². The second-order valence-corrected chi connectivity index (χ2v) is 5.10. The van der Waals surface area contributed by atoms with Gasteiger partial charge in [-0.3, -0.25) is 4.79 Å². The van der Waals surface area contributed by atoms with E-state index in [1.165, 1.54) is 0 Å². The average molecular weight is 309 g/mol. The van der Waals surface area contributed by atoms with E-state index < -0.39 is 12.0 Å². The summed E-state index contributed by atoms with van der Waals surface area (Å²) in [6, 6.07) is 15.8. The number of aliphatic hydroxyl groups excluding tert-OH is 1. The number of para-hydroxylation sites is 1. The number of rotatable bonds is 3. The number of fused-ring (bicyclic) bond motifs is 1. The van der Waals surface area contributed by atoms with Gasteiger partial charge in [0.25, 0.3) is 5.91 Å². The predicted octanol–water partition coefficient (Wildman–Crippen LogP) is 3.23. The van der Waals surface area contributed by atoms with Crippen molar-refractivity contribution in [3.05, 3.63) is 60.2 Å². The van der Waals surface area contributed by atoms with Crippen molar-refractivity contribution in [2.45, 2.75) is 6.10 Å². The van der Waals surface area contributed by atoms with Crippen LogP contribution in [0.4, 0.5) is 5.69 Å². The summed E-state index contributed by atoms with van der Waals surface area (Å²) in [4.78, 5) is 12.0. The minimum Gasteiger partial charge on any atom is -0.493 e. The molecule has 0 aliphatic rings. The number of hydrogen-bond donors (Lipinski definition) is 2. The van der Waals surface area contributed by atoms with Gasteiger partial charge in [-0.25, -0.2) is 0 Å². The monoisotopic (exact) mass is 309 g/mol.